The zero-order chi connectivity index (χ0) is 21.8. The molecule has 0 bridgehead atoms. The van der Waals surface area contributed by atoms with Gasteiger partial charge < -0.3 is 15.5 Å². The fraction of sp³-hybridized carbons (Fsp3) is 0.440. The molecule has 31 heavy (non-hydrogen) atoms. The van der Waals surface area contributed by atoms with Gasteiger partial charge in [-0.1, -0.05) is 42.5 Å². The van der Waals surface area contributed by atoms with Crippen molar-refractivity contribution in [3.05, 3.63) is 71.0 Å². The predicted octanol–water partition coefficient (Wildman–Crippen LogP) is 3.98. The molecule has 1 aliphatic carbocycles. The lowest BCUT2D eigenvalue weighted by Gasteiger charge is -2.37. The summed E-state index contributed by atoms with van der Waals surface area (Å²) >= 11 is 0. The quantitative estimate of drug-likeness (QED) is 0.738. The first-order valence-corrected chi connectivity index (χ1v) is 11.1. The molecule has 5 nitrogen and oxygen atoms in total. The molecule has 2 fully saturated rings. The number of halogens is 1. The zero-order valence-electron chi connectivity index (χ0n) is 17.9. The summed E-state index contributed by atoms with van der Waals surface area (Å²) in [5, 5.41) is 6.04. The van der Waals surface area contributed by atoms with Crippen molar-refractivity contribution in [3.63, 3.8) is 0 Å². The van der Waals surface area contributed by atoms with Gasteiger partial charge in [-0.05, 0) is 54.9 Å². The molecule has 1 saturated carbocycles. The van der Waals surface area contributed by atoms with Crippen molar-refractivity contribution in [1.29, 1.82) is 0 Å². The van der Waals surface area contributed by atoms with Crippen molar-refractivity contribution in [1.82, 2.24) is 15.5 Å². The first-order chi connectivity index (χ1) is 15.0. The Morgan fingerprint density at radius 3 is 2.55 bits per heavy atom. The number of urea groups is 1. The topological polar surface area (TPSA) is 61.4 Å². The van der Waals surface area contributed by atoms with E-state index in [9.17, 15) is 14.0 Å². The second-order valence-corrected chi connectivity index (χ2v) is 8.88. The molecular formula is C25H30FN3O2. The Hall–Kier alpha value is -2.89. The van der Waals surface area contributed by atoms with Gasteiger partial charge in [0.05, 0.1) is 5.92 Å². The van der Waals surface area contributed by atoms with E-state index in [2.05, 4.69) is 10.6 Å². The van der Waals surface area contributed by atoms with Crippen molar-refractivity contribution < 1.29 is 14.0 Å². The molecule has 2 aromatic carbocycles. The van der Waals surface area contributed by atoms with Crippen LogP contribution in [-0.2, 0) is 11.3 Å². The van der Waals surface area contributed by atoms with Gasteiger partial charge in [0, 0.05) is 32.1 Å². The number of piperidine rings is 1. The molecule has 1 aliphatic heterocycles. The predicted molar refractivity (Wildman–Crippen MR) is 118 cm³/mol. The number of benzene rings is 2. The molecule has 1 saturated heterocycles. The van der Waals surface area contributed by atoms with Gasteiger partial charge in [-0.2, -0.15) is 0 Å². The van der Waals surface area contributed by atoms with E-state index < -0.39 is 0 Å². The maximum Gasteiger partial charge on any atom is 0.317 e. The van der Waals surface area contributed by atoms with Crippen LogP contribution in [-0.4, -0.2) is 36.5 Å². The average Bonchev–Trinajstić information content (AvgIpc) is 3.62. The molecular weight excluding hydrogens is 393 g/mol. The lowest BCUT2D eigenvalue weighted by atomic mass is 9.83. The molecule has 0 aromatic heterocycles. The molecule has 164 valence electrons. The Bertz CT molecular complexity index is 930. The van der Waals surface area contributed by atoms with Gasteiger partial charge in [-0.15, -0.1) is 0 Å². The first kappa shape index (κ1) is 21.3. The number of nitrogens with one attached hydrogen (secondary N) is 2. The minimum atomic E-state index is -0.273. The van der Waals surface area contributed by atoms with E-state index in [4.69, 9.17) is 0 Å². The Morgan fingerprint density at radius 2 is 1.84 bits per heavy atom. The third-order valence-electron chi connectivity index (χ3n) is 6.31. The Balaban J connectivity index is 1.46. The van der Waals surface area contributed by atoms with Gasteiger partial charge in [0.1, 0.15) is 5.82 Å². The van der Waals surface area contributed by atoms with Gasteiger partial charge in [0.25, 0.3) is 0 Å². The zero-order valence-corrected chi connectivity index (χ0v) is 17.9. The summed E-state index contributed by atoms with van der Waals surface area (Å²) in [6, 6.07) is 14.7. The Morgan fingerprint density at radius 1 is 1.06 bits per heavy atom. The van der Waals surface area contributed by atoms with Gasteiger partial charge in [0.15, 0.2) is 0 Å². The molecule has 4 rings (SSSR count). The third-order valence-corrected chi connectivity index (χ3v) is 6.31. The highest BCUT2D eigenvalue weighted by Crippen LogP contribution is 2.32. The second-order valence-electron chi connectivity index (χ2n) is 8.88. The molecule has 2 N–H and O–H groups in total. The monoisotopic (exact) mass is 423 g/mol. The van der Waals surface area contributed by atoms with E-state index in [1.165, 1.54) is 18.9 Å². The van der Waals surface area contributed by atoms with Crippen LogP contribution in [0.1, 0.15) is 41.9 Å². The molecule has 2 aromatic rings. The maximum atomic E-state index is 13.8. The molecule has 0 spiro atoms. The lowest BCUT2D eigenvalue weighted by Crippen LogP contribution is -2.51. The second kappa shape index (κ2) is 9.50. The number of hydrogen-bond acceptors (Lipinski definition) is 2. The first-order valence-electron chi connectivity index (χ1n) is 11.1. The van der Waals surface area contributed by atoms with E-state index in [-0.39, 0.29) is 29.6 Å². The van der Waals surface area contributed by atoms with Crippen LogP contribution in [0, 0.1) is 24.6 Å². The largest absolute Gasteiger partial charge is 0.356 e. The van der Waals surface area contributed by atoms with Crippen LogP contribution in [0.5, 0.6) is 0 Å². The molecule has 1 heterocycles. The maximum absolute atomic E-state index is 13.8. The summed E-state index contributed by atoms with van der Waals surface area (Å²) in [4.78, 5) is 27.5. The molecule has 6 heteroatoms. The number of rotatable bonds is 6. The highest BCUT2D eigenvalue weighted by molar-refractivity contribution is 5.81. The SMILES string of the molecule is Cc1cc(C2CC(C(=O)NCC3CC3)CN(C(=O)NCc3ccccc3)C2)ccc1F. The minimum absolute atomic E-state index is 0.00722. The van der Waals surface area contributed by atoms with Gasteiger partial charge in [-0.25, -0.2) is 9.18 Å². The van der Waals surface area contributed by atoms with Crippen molar-refractivity contribution in [3.8, 4) is 0 Å². The molecule has 2 atom stereocenters. The fourth-order valence-corrected chi connectivity index (χ4v) is 4.21. The normalized spacial score (nSPS) is 20.9. The standard InChI is InChI=1S/C25H30FN3O2/c1-17-11-20(9-10-23(17)26)21-12-22(24(30)27-13-19-7-8-19)16-29(15-21)25(31)28-14-18-5-3-2-4-6-18/h2-6,9-11,19,21-22H,7-8,12-16H2,1H3,(H,27,30)(H,28,31). The highest BCUT2D eigenvalue weighted by atomic mass is 19.1. The van der Waals surface area contributed by atoms with Crippen molar-refractivity contribution in [2.75, 3.05) is 19.6 Å². The van der Waals surface area contributed by atoms with Gasteiger partial charge >= 0.3 is 6.03 Å². The summed E-state index contributed by atoms with van der Waals surface area (Å²) < 4.78 is 13.8. The molecule has 0 radical (unpaired) electrons. The molecule has 2 aliphatic rings. The lowest BCUT2D eigenvalue weighted by molar-refractivity contribution is -0.126. The van der Waals surface area contributed by atoms with Crippen LogP contribution in [0.4, 0.5) is 9.18 Å². The number of hydrogen-bond donors (Lipinski definition) is 2. The Kier molecular flexibility index (Phi) is 6.54. The van der Waals surface area contributed by atoms with Crippen LogP contribution in [0.15, 0.2) is 48.5 Å². The van der Waals surface area contributed by atoms with Crippen molar-refractivity contribution >= 4 is 11.9 Å². The van der Waals surface area contributed by atoms with E-state index in [0.29, 0.717) is 37.5 Å². The van der Waals surface area contributed by atoms with E-state index in [0.717, 1.165) is 17.7 Å². The minimum Gasteiger partial charge on any atom is -0.356 e. The van der Waals surface area contributed by atoms with Gasteiger partial charge in [-0.3, -0.25) is 4.79 Å². The van der Waals surface area contributed by atoms with Crippen LogP contribution in [0.2, 0.25) is 0 Å². The number of likely N-dealkylation sites (tertiary alicyclic amines) is 1. The van der Waals surface area contributed by atoms with Crippen LogP contribution < -0.4 is 10.6 Å². The number of amides is 3. The van der Waals surface area contributed by atoms with E-state index in [1.807, 2.05) is 36.4 Å². The third kappa shape index (κ3) is 5.63. The summed E-state index contributed by atoms with van der Waals surface area (Å²) in [6.45, 7) is 3.81. The van der Waals surface area contributed by atoms with Crippen molar-refractivity contribution in [2.24, 2.45) is 11.8 Å². The highest BCUT2D eigenvalue weighted by Gasteiger charge is 2.35. The van der Waals surface area contributed by atoms with Crippen LogP contribution in [0.25, 0.3) is 0 Å². The van der Waals surface area contributed by atoms with E-state index >= 15 is 0 Å². The van der Waals surface area contributed by atoms with Crippen molar-refractivity contribution in [2.45, 2.75) is 38.6 Å². The summed E-state index contributed by atoms with van der Waals surface area (Å²) in [5.41, 5.74) is 2.58. The van der Waals surface area contributed by atoms with Crippen LogP contribution >= 0.6 is 0 Å². The number of aryl methyl sites for hydroxylation is 1. The van der Waals surface area contributed by atoms with Crippen LogP contribution in [0.3, 0.4) is 0 Å². The fourth-order valence-electron chi connectivity index (χ4n) is 4.21. The summed E-state index contributed by atoms with van der Waals surface area (Å²) in [6.07, 6.45) is 3.01. The number of carbonyl (C=O) groups is 2. The number of carbonyl (C=O) groups excluding carboxylic acids is 2. The number of nitrogens with zero attached hydrogens (tertiary/aromatic N) is 1. The van der Waals surface area contributed by atoms with E-state index in [1.54, 1.807) is 17.9 Å². The Labute approximate surface area is 183 Å². The summed E-state index contributed by atoms with van der Waals surface area (Å²) in [7, 11) is 0. The molecule has 2 unspecified atom stereocenters. The molecule has 3 amide bonds. The smallest absolute Gasteiger partial charge is 0.317 e. The average molecular weight is 424 g/mol. The van der Waals surface area contributed by atoms with Gasteiger partial charge in [0.2, 0.25) is 5.91 Å². The summed E-state index contributed by atoms with van der Waals surface area (Å²) in [5.74, 6) is 0.0953.